The smallest absolute Gasteiger partial charge is 0.165 e. The second-order valence-corrected chi connectivity index (χ2v) is 5.35. The van der Waals surface area contributed by atoms with Crippen molar-refractivity contribution in [3.63, 3.8) is 0 Å². The highest BCUT2D eigenvalue weighted by molar-refractivity contribution is 5.62. The zero-order chi connectivity index (χ0) is 15.3. The summed E-state index contributed by atoms with van der Waals surface area (Å²) in [7, 11) is 1.63. The first kappa shape index (κ1) is 13.0. The van der Waals surface area contributed by atoms with E-state index in [-0.39, 0.29) is 5.82 Å². The van der Waals surface area contributed by atoms with E-state index in [1.807, 2.05) is 6.07 Å². The molecule has 0 radical (unpaired) electrons. The summed E-state index contributed by atoms with van der Waals surface area (Å²) in [4.78, 5) is 8.39. The number of ether oxygens (including phenoxy) is 1. The van der Waals surface area contributed by atoms with Gasteiger partial charge >= 0.3 is 0 Å². The van der Waals surface area contributed by atoms with Crippen molar-refractivity contribution in [3.05, 3.63) is 35.9 Å². The van der Waals surface area contributed by atoms with Crippen LogP contribution in [-0.4, -0.2) is 26.7 Å². The zero-order valence-electron chi connectivity index (χ0n) is 12.0. The number of hydrogen-bond donors (Lipinski definition) is 1. The van der Waals surface area contributed by atoms with Crippen molar-refractivity contribution in [2.75, 3.05) is 12.8 Å². The maximum atomic E-state index is 13.3. The predicted octanol–water partition coefficient (Wildman–Crippen LogP) is 2.40. The second-order valence-electron chi connectivity index (χ2n) is 5.35. The van der Waals surface area contributed by atoms with Crippen LogP contribution in [0.5, 0.6) is 5.75 Å². The Kier molecular flexibility index (Phi) is 2.75. The molecule has 0 aromatic carbocycles. The maximum absolute atomic E-state index is 13.3. The molecule has 0 atom stereocenters. The minimum Gasteiger partial charge on any atom is -0.495 e. The third kappa shape index (κ3) is 1.97. The molecular weight excluding hydrogens is 285 g/mol. The van der Waals surface area contributed by atoms with Gasteiger partial charge in [0.25, 0.3) is 0 Å². The number of pyridine rings is 1. The molecule has 7 heteroatoms. The standard InChI is InChI=1S/C15H14FN5O/c1-22-12-6-13-18-7-11(10-5-4-9(16)15(17)19-10)21(13)20-14(12)8-2-3-8/h4-8H,2-3H2,1H3,(H2,17,19). The molecule has 4 rings (SSSR count). The summed E-state index contributed by atoms with van der Waals surface area (Å²) in [6.45, 7) is 0. The largest absolute Gasteiger partial charge is 0.495 e. The van der Waals surface area contributed by atoms with Gasteiger partial charge in [-0.1, -0.05) is 0 Å². The molecule has 1 saturated carbocycles. The highest BCUT2D eigenvalue weighted by atomic mass is 19.1. The Morgan fingerprint density at radius 3 is 2.86 bits per heavy atom. The lowest BCUT2D eigenvalue weighted by Crippen LogP contribution is -2.03. The molecule has 0 amide bonds. The Morgan fingerprint density at radius 2 is 2.18 bits per heavy atom. The lowest BCUT2D eigenvalue weighted by Gasteiger charge is -2.08. The molecule has 0 saturated heterocycles. The highest BCUT2D eigenvalue weighted by Crippen LogP contribution is 2.43. The summed E-state index contributed by atoms with van der Waals surface area (Å²) in [6.07, 6.45) is 3.87. The molecular formula is C15H14FN5O. The van der Waals surface area contributed by atoms with Crippen molar-refractivity contribution in [2.24, 2.45) is 0 Å². The first-order valence-corrected chi connectivity index (χ1v) is 7.02. The second kappa shape index (κ2) is 4.66. The molecule has 2 N–H and O–H groups in total. The van der Waals surface area contributed by atoms with E-state index in [4.69, 9.17) is 10.5 Å². The number of fused-ring (bicyclic) bond motifs is 1. The van der Waals surface area contributed by atoms with Crippen molar-refractivity contribution >= 4 is 11.5 Å². The number of nitrogens with two attached hydrogens (primary N) is 1. The molecule has 3 aromatic heterocycles. The maximum Gasteiger partial charge on any atom is 0.165 e. The Hall–Kier alpha value is -2.70. The molecule has 0 unspecified atom stereocenters. The molecule has 0 bridgehead atoms. The number of nitrogens with zero attached hydrogens (tertiary/aromatic N) is 4. The molecule has 3 aromatic rings. The van der Waals surface area contributed by atoms with E-state index in [1.54, 1.807) is 23.9 Å². The third-order valence-corrected chi connectivity index (χ3v) is 3.80. The van der Waals surface area contributed by atoms with Crippen LogP contribution in [0.4, 0.5) is 10.2 Å². The van der Waals surface area contributed by atoms with Crippen LogP contribution in [0.1, 0.15) is 24.5 Å². The van der Waals surface area contributed by atoms with Crippen molar-refractivity contribution in [3.8, 4) is 17.1 Å². The van der Waals surface area contributed by atoms with Gasteiger partial charge in [0.15, 0.2) is 17.3 Å². The Bertz CT molecular complexity index is 872. The molecule has 1 fully saturated rings. The fraction of sp³-hybridized carbons (Fsp3) is 0.267. The van der Waals surface area contributed by atoms with E-state index < -0.39 is 5.82 Å². The summed E-state index contributed by atoms with van der Waals surface area (Å²) in [6, 6.07) is 4.72. The number of rotatable bonds is 3. The van der Waals surface area contributed by atoms with E-state index in [1.165, 1.54) is 6.07 Å². The molecule has 1 aliphatic rings. The SMILES string of the molecule is COc1cc2ncc(-c3ccc(F)c(N)n3)n2nc1C1CC1. The monoisotopic (exact) mass is 299 g/mol. The van der Waals surface area contributed by atoms with Crippen LogP contribution >= 0.6 is 0 Å². The Morgan fingerprint density at radius 1 is 1.36 bits per heavy atom. The van der Waals surface area contributed by atoms with Gasteiger partial charge in [0, 0.05) is 12.0 Å². The molecule has 3 heterocycles. The van der Waals surface area contributed by atoms with E-state index in [9.17, 15) is 4.39 Å². The summed E-state index contributed by atoms with van der Waals surface area (Å²) in [5.74, 6) is 0.508. The molecule has 112 valence electrons. The average molecular weight is 299 g/mol. The summed E-state index contributed by atoms with van der Waals surface area (Å²) >= 11 is 0. The molecule has 22 heavy (non-hydrogen) atoms. The van der Waals surface area contributed by atoms with Crippen molar-refractivity contribution in [2.45, 2.75) is 18.8 Å². The van der Waals surface area contributed by atoms with Gasteiger partial charge in [-0.05, 0) is 25.0 Å². The van der Waals surface area contributed by atoms with Gasteiger partial charge in [-0.3, -0.25) is 0 Å². The van der Waals surface area contributed by atoms with Crippen molar-refractivity contribution < 1.29 is 9.13 Å². The highest BCUT2D eigenvalue weighted by Gasteiger charge is 2.29. The molecule has 1 aliphatic carbocycles. The summed E-state index contributed by atoms with van der Waals surface area (Å²) in [5.41, 5.74) is 8.33. The van der Waals surface area contributed by atoms with Crippen LogP contribution in [0.15, 0.2) is 24.4 Å². The number of imidazole rings is 1. The number of hydrogen-bond acceptors (Lipinski definition) is 5. The van der Waals surface area contributed by atoms with Crippen LogP contribution in [0.3, 0.4) is 0 Å². The number of halogens is 1. The minimum atomic E-state index is -0.536. The van der Waals surface area contributed by atoms with E-state index in [0.717, 1.165) is 24.3 Å². The van der Waals surface area contributed by atoms with Gasteiger partial charge in [-0.25, -0.2) is 18.9 Å². The minimum absolute atomic E-state index is 0.136. The van der Waals surface area contributed by atoms with Gasteiger partial charge < -0.3 is 10.5 Å². The Labute approximate surface area is 125 Å². The van der Waals surface area contributed by atoms with Crippen molar-refractivity contribution in [1.29, 1.82) is 0 Å². The zero-order valence-corrected chi connectivity index (χ0v) is 12.0. The van der Waals surface area contributed by atoms with E-state index in [2.05, 4.69) is 15.1 Å². The van der Waals surface area contributed by atoms with E-state index in [0.29, 0.717) is 23.0 Å². The van der Waals surface area contributed by atoms with Crippen LogP contribution in [0.25, 0.3) is 17.0 Å². The van der Waals surface area contributed by atoms with Gasteiger partial charge in [0.05, 0.1) is 19.0 Å². The first-order valence-electron chi connectivity index (χ1n) is 7.02. The lowest BCUT2D eigenvalue weighted by molar-refractivity contribution is 0.405. The van der Waals surface area contributed by atoms with Crippen molar-refractivity contribution in [1.82, 2.24) is 19.6 Å². The number of methoxy groups -OCH3 is 1. The van der Waals surface area contributed by atoms with Gasteiger partial charge in [-0.2, -0.15) is 5.10 Å². The fourth-order valence-corrected chi connectivity index (χ4v) is 2.49. The fourth-order valence-electron chi connectivity index (χ4n) is 2.49. The van der Waals surface area contributed by atoms with Crippen LogP contribution in [0.2, 0.25) is 0 Å². The number of aromatic nitrogens is 4. The normalized spacial score (nSPS) is 14.5. The third-order valence-electron chi connectivity index (χ3n) is 3.80. The van der Waals surface area contributed by atoms with Gasteiger partial charge in [-0.15, -0.1) is 0 Å². The van der Waals surface area contributed by atoms with Crippen LogP contribution in [-0.2, 0) is 0 Å². The molecule has 0 spiro atoms. The Balaban J connectivity index is 1.91. The summed E-state index contributed by atoms with van der Waals surface area (Å²) < 4.78 is 20.4. The first-order chi connectivity index (χ1) is 10.7. The summed E-state index contributed by atoms with van der Waals surface area (Å²) in [5, 5.41) is 4.65. The number of nitrogen functional groups attached to an aromatic ring is 1. The number of anilines is 1. The van der Waals surface area contributed by atoms with E-state index >= 15 is 0 Å². The van der Waals surface area contributed by atoms with Gasteiger partial charge in [0.1, 0.15) is 17.1 Å². The lowest BCUT2D eigenvalue weighted by atomic mass is 10.2. The average Bonchev–Trinajstić information content (AvgIpc) is 3.29. The molecule has 6 nitrogen and oxygen atoms in total. The quantitative estimate of drug-likeness (QED) is 0.803. The topological polar surface area (TPSA) is 78.3 Å². The van der Waals surface area contributed by atoms with Crippen LogP contribution in [0, 0.1) is 5.82 Å². The van der Waals surface area contributed by atoms with Crippen LogP contribution < -0.4 is 10.5 Å². The predicted molar refractivity (Wildman–Crippen MR) is 79.1 cm³/mol. The molecule has 0 aliphatic heterocycles. The van der Waals surface area contributed by atoms with Gasteiger partial charge in [0.2, 0.25) is 0 Å².